The second-order valence-corrected chi connectivity index (χ2v) is 6.96. The Kier molecular flexibility index (Phi) is 5.94. The van der Waals surface area contributed by atoms with Gasteiger partial charge in [-0.05, 0) is 55.8 Å². The largest absolute Gasteiger partial charge is 0.350 e. The molecule has 3 rings (SSSR count). The number of rotatable bonds is 5. The van der Waals surface area contributed by atoms with Gasteiger partial charge in [0.25, 0.3) is 5.91 Å². The van der Waals surface area contributed by atoms with Gasteiger partial charge in [0.15, 0.2) is 0 Å². The number of halogens is 3. The molecule has 25 heavy (non-hydrogen) atoms. The number of nitrogens with one attached hydrogen (secondary N) is 1. The zero-order chi connectivity index (χ0) is 17.8. The number of hydrogen-bond acceptors (Lipinski definition) is 2. The van der Waals surface area contributed by atoms with Crippen molar-refractivity contribution in [3.8, 4) is 0 Å². The molecule has 132 valence electrons. The molecule has 1 unspecified atom stereocenters. The van der Waals surface area contributed by atoms with Gasteiger partial charge < -0.3 is 5.32 Å². The summed E-state index contributed by atoms with van der Waals surface area (Å²) in [7, 11) is 0. The minimum atomic E-state index is -0.625. The van der Waals surface area contributed by atoms with Crippen molar-refractivity contribution in [3.05, 3.63) is 69.5 Å². The number of benzene rings is 2. The van der Waals surface area contributed by atoms with Crippen LogP contribution in [0.1, 0.15) is 34.8 Å². The SMILES string of the molecule is O=C(NCC(c1ccccc1Cl)N1CCCC1)c1ccc(Cl)cc1F. The number of hydrogen-bond donors (Lipinski definition) is 1. The lowest BCUT2D eigenvalue weighted by molar-refractivity contribution is 0.0934. The van der Waals surface area contributed by atoms with Crippen molar-refractivity contribution in [3.63, 3.8) is 0 Å². The number of carbonyl (C=O) groups excluding carboxylic acids is 1. The fourth-order valence-electron chi connectivity index (χ4n) is 3.19. The van der Waals surface area contributed by atoms with E-state index >= 15 is 0 Å². The Bertz CT molecular complexity index is 763. The number of amides is 1. The van der Waals surface area contributed by atoms with Crippen molar-refractivity contribution in [1.29, 1.82) is 0 Å². The first-order valence-corrected chi connectivity index (χ1v) is 9.03. The second-order valence-electron chi connectivity index (χ2n) is 6.11. The maximum Gasteiger partial charge on any atom is 0.254 e. The Balaban J connectivity index is 1.76. The minimum Gasteiger partial charge on any atom is -0.350 e. The molecule has 0 saturated carbocycles. The van der Waals surface area contributed by atoms with Crippen LogP contribution < -0.4 is 5.32 Å². The fraction of sp³-hybridized carbons (Fsp3) is 0.316. The highest BCUT2D eigenvalue weighted by molar-refractivity contribution is 6.31. The average Bonchev–Trinajstić information content (AvgIpc) is 3.10. The first-order valence-electron chi connectivity index (χ1n) is 8.28. The Morgan fingerprint density at radius 1 is 1.16 bits per heavy atom. The lowest BCUT2D eigenvalue weighted by Crippen LogP contribution is -2.37. The summed E-state index contributed by atoms with van der Waals surface area (Å²) in [6, 6.07) is 11.7. The van der Waals surface area contributed by atoms with E-state index in [1.54, 1.807) is 0 Å². The summed E-state index contributed by atoms with van der Waals surface area (Å²) in [5.74, 6) is -1.08. The molecule has 6 heteroatoms. The average molecular weight is 381 g/mol. The van der Waals surface area contributed by atoms with Crippen LogP contribution in [0, 0.1) is 5.82 Å². The fourth-order valence-corrected chi connectivity index (χ4v) is 3.61. The summed E-state index contributed by atoms with van der Waals surface area (Å²) in [6.45, 7) is 2.28. The van der Waals surface area contributed by atoms with Gasteiger partial charge >= 0.3 is 0 Å². The lowest BCUT2D eigenvalue weighted by atomic mass is 10.0. The van der Waals surface area contributed by atoms with E-state index in [1.807, 2.05) is 24.3 Å². The zero-order valence-electron chi connectivity index (χ0n) is 13.6. The highest BCUT2D eigenvalue weighted by Crippen LogP contribution is 2.29. The normalized spacial score (nSPS) is 16.0. The Hall–Kier alpha value is -1.62. The molecule has 1 amide bonds. The molecular weight excluding hydrogens is 362 g/mol. The van der Waals surface area contributed by atoms with Crippen LogP contribution in [0.5, 0.6) is 0 Å². The summed E-state index contributed by atoms with van der Waals surface area (Å²) < 4.78 is 13.9. The summed E-state index contributed by atoms with van der Waals surface area (Å²) in [6.07, 6.45) is 2.25. The molecule has 2 aromatic carbocycles. The Morgan fingerprint density at radius 2 is 1.88 bits per heavy atom. The van der Waals surface area contributed by atoms with Crippen LogP contribution in [0.15, 0.2) is 42.5 Å². The van der Waals surface area contributed by atoms with Crippen LogP contribution >= 0.6 is 23.2 Å². The highest BCUT2D eigenvalue weighted by Gasteiger charge is 2.26. The van der Waals surface area contributed by atoms with Gasteiger partial charge in [0.2, 0.25) is 0 Å². The first kappa shape index (κ1) is 18.2. The van der Waals surface area contributed by atoms with Crippen molar-refractivity contribution in [2.24, 2.45) is 0 Å². The molecule has 1 heterocycles. The number of nitrogens with zero attached hydrogens (tertiary/aromatic N) is 1. The third-order valence-electron chi connectivity index (χ3n) is 4.48. The van der Waals surface area contributed by atoms with Gasteiger partial charge in [-0.1, -0.05) is 41.4 Å². The molecule has 0 spiro atoms. The third kappa shape index (κ3) is 4.32. The minimum absolute atomic E-state index is 0.0104. The van der Waals surface area contributed by atoms with E-state index in [1.165, 1.54) is 12.1 Å². The van der Waals surface area contributed by atoms with Gasteiger partial charge in [-0.2, -0.15) is 0 Å². The van der Waals surface area contributed by atoms with Gasteiger partial charge in [-0.25, -0.2) is 4.39 Å². The van der Waals surface area contributed by atoms with Gasteiger partial charge in [0, 0.05) is 16.6 Å². The Labute approximate surface area is 156 Å². The van der Waals surface area contributed by atoms with Crippen molar-refractivity contribution >= 4 is 29.1 Å². The topological polar surface area (TPSA) is 32.3 Å². The molecule has 1 saturated heterocycles. The zero-order valence-corrected chi connectivity index (χ0v) is 15.2. The van der Waals surface area contributed by atoms with Crippen molar-refractivity contribution < 1.29 is 9.18 Å². The monoisotopic (exact) mass is 380 g/mol. The van der Waals surface area contributed by atoms with Crippen LogP contribution in [-0.2, 0) is 0 Å². The van der Waals surface area contributed by atoms with E-state index in [4.69, 9.17) is 23.2 Å². The van der Waals surface area contributed by atoms with E-state index in [0.717, 1.165) is 37.6 Å². The molecule has 1 fully saturated rings. The predicted octanol–water partition coefficient (Wildman–Crippen LogP) is 4.70. The molecule has 2 aromatic rings. The van der Waals surface area contributed by atoms with Crippen molar-refractivity contribution in [1.82, 2.24) is 10.2 Å². The first-order chi connectivity index (χ1) is 12.1. The summed E-state index contributed by atoms with van der Waals surface area (Å²) >= 11 is 12.1. The molecule has 0 aromatic heterocycles. The molecular formula is C19H19Cl2FN2O. The van der Waals surface area contributed by atoms with Crippen molar-refractivity contribution in [2.45, 2.75) is 18.9 Å². The maximum atomic E-state index is 13.9. The molecule has 0 aliphatic carbocycles. The van der Waals surface area contributed by atoms with Crippen LogP contribution in [0.25, 0.3) is 0 Å². The van der Waals surface area contributed by atoms with Crippen LogP contribution in [0.2, 0.25) is 10.0 Å². The lowest BCUT2D eigenvalue weighted by Gasteiger charge is -2.29. The molecule has 0 radical (unpaired) electrons. The number of likely N-dealkylation sites (tertiary alicyclic amines) is 1. The number of carbonyl (C=O) groups is 1. The van der Waals surface area contributed by atoms with Gasteiger partial charge in [0.05, 0.1) is 11.6 Å². The highest BCUT2D eigenvalue weighted by atomic mass is 35.5. The molecule has 0 bridgehead atoms. The smallest absolute Gasteiger partial charge is 0.254 e. The third-order valence-corrected chi connectivity index (χ3v) is 5.06. The van der Waals surface area contributed by atoms with Crippen LogP contribution in [0.3, 0.4) is 0 Å². The van der Waals surface area contributed by atoms with E-state index < -0.39 is 11.7 Å². The molecule has 1 aliphatic rings. The summed E-state index contributed by atoms with van der Waals surface area (Å²) in [5, 5.41) is 3.78. The van der Waals surface area contributed by atoms with E-state index in [-0.39, 0.29) is 16.6 Å². The van der Waals surface area contributed by atoms with E-state index in [9.17, 15) is 9.18 Å². The van der Waals surface area contributed by atoms with E-state index in [2.05, 4.69) is 10.2 Å². The quantitative estimate of drug-likeness (QED) is 0.814. The predicted molar refractivity (Wildman–Crippen MR) is 98.7 cm³/mol. The molecule has 3 nitrogen and oxygen atoms in total. The maximum absolute atomic E-state index is 13.9. The molecule has 1 atom stereocenters. The van der Waals surface area contributed by atoms with Gasteiger partial charge in [-0.3, -0.25) is 9.69 Å². The molecule has 1 aliphatic heterocycles. The molecule has 1 N–H and O–H groups in total. The summed E-state index contributed by atoms with van der Waals surface area (Å²) in [5.41, 5.74) is 0.965. The van der Waals surface area contributed by atoms with Crippen LogP contribution in [0.4, 0.5) is 4.39 Å². The van der Waals surface area contributed by atoms with Gasteiger partial charge in [-0.15, -0.1) is 0 Å². The van der Waals surface area contributed by atoms with Crippen molar-refractivity contribution in [2.75, 3.05) is 19.6 Å². The summed E-state index contributed by atoms with van der Waals surface area (Å²) in [4.78, 5) is 14.7. The van der Waals surface area contributed by atoms with E-state index in [0.29, 0.717) is 11.6 Å². The Morgan fingerprint density at radius 3 is 2.56 bits per heavy atom. The standard InChI is InChI=1S/C19H19Cl2FN2O/c20-13-7-8-15(17(22)11-13)19(25)23-12-18(24-9-3-4-10-24)14-5-1-2-6-16(14)21/h1-2,5-8,11,18H,3-4,9-10,12H2,(H,23,25). The second kappa shape index (κ2) is 8.17. The van der Waals surface area contributed by atoms with Gasteiger partial charge in [0.1, 0.15) is 5.82 Å². The van der Waals surface area contributed by atoms with Crippen LogP contribution in [-0.4, -0.2) is 30.4 Å².